The van der Waals surface area contributed by atoms with Crippen LogP contribution in [-0.2, 0) is 4.79 Å². The molecule has 0 bridgehead atoms. The van der Waals surface area contributed by atoms with Crippen LogP contribution in [0.4, 0.5) is 11.4 Å². The van der Waals surface area contributed by atoms with Crippen LogP contribution in [0.15, 0.2) is 48.5 Å². The number of benzene rings is 2. The number of carbonyl (C=O) groups excluding carboxylic acids is 2. The van der Waals surface area contributed by atoms with Gasteiger partial charge in [0.1, 0.15) is 0 Å². The molecule has 23 heavy (non-hydrogen) atoms. The molecule has 5 nitrogen and oxygen atoms in total. The first-order valence-corrected chi connectivity index (χ1v) is 7.38. The highest BCUT2D eigenvalue weighted by molar-refractivity contribution is 6.05. The number of amides is 2. The maximum absolute atomic E-state index is 12.2. The van der Waals surface area contributed by atoms with Gasteiger partial charge in [-0.3, -0.25) is 9.59 Å². The standard InChI is InChI=1S/C18H15N3O2/c19-11-12-3-1-4-14(9-12)18(23)21-16-6-2-5-15(10-16)20-17(22)13-7-8-13/h1-6,9-10,13H,7-8H2,(H,20,22)(H,21,23). The molecule has 1 fully saturated rings. The van der Waals surface area contributed by atoms with Gasteiger partial charge in [-0.2, -0.15) is 5.26 Å². The average Bonchev–Trinajstić information content (AvgIpc) is 3.40. The number of anilines is 2. The van der Waals surface area contributed by atoms with E-state index in [-0.39, 0.29) is 17.7 Å². The van der Waals surface area contributed by atoms with Crippen LogP contribution in [0.2, 0.25) is 0 Å². The molecule has 3 rings (SSSR count). The van der Waals surface area contributed by atoms with E-state index in [1.807, 2.05) is 6.07 Å². The fourth-order valence-corrected chi connectivity index (χ4v) is 2.20. The molecule has 0 saturated heterocycles. The monoisotopic (exact) mass is 305 g/mol. The highest BCUT2D eigenvalue weighted by Gasteiger charge is 2.29. The van der Waals surface area contributed by atoms with Crippen molar-refractivity contribution in [3.63, 3.8) is 0 Å². The highest BCUT2D eigenvalue weighted by atomic mass is 16.2. The maximum atomic E-state index is 12.2. The van der Waals surface area contributed by atoms with Crippen LogP contribution in [-0.4, -0.2) is 11.8 Å². The Bertz CT molecular complexity index is 804. The molecule has 2 N–H and O–H groups in total. The second-order valence-electron chi connectivity index (χ2n) is 5.49. The van der Waals surface area contributed by atoms with E-state index in [1.165, 1.54) is 6.07 Å². The minimum atomic E-state index is -0.298. The van der Waals surface area contributed by atoms with E-state index in [2.05, 4.69) is 10.6 Å². The van der Waals surface area contributed by atoms with Crippen LogP contribution in [0, 0.1) is 17.2 Å². The molecule has 0 unspecified atom stereocenters. The molecular formula is C18H15N3O2. The lowest BCUT2D eigenvalue weighted by atomic mass is 10.1. The normalized spacial score (nSPS) is 13.0. The summed E-state index contributed by atoms with van der Waals surface area (Å²) in [6.07, 6.45) is 1.88. The van der Waals surface area contributed by atoms with Gasteiger partial charge in [0.2, 0.25) is 5.91 Å². The van der Waals surface area contributed by atoms with Crippen molar-refractivity contribution in [2.24, 2.45) is 5.92 Å². The molecule has 0 aromatic heterocycles. The molecular weight excluding hydrogens is 290 g/mol. The van der Waals surface area contributed by atoms with E-state index in [9.17, 15) is 9.59 Å². The Kier molecular flexibility index (Phi) is 4.07. The van der Waals surface area contributed by atoms with Crippen molar-refractivity contribution in [2.45, 2.75) is 12.8 Å². The molecule has 0 radical (unpaired) electrons. The van der Waals surface area contributed by atoms with Gasteiger partial charge in [-0.1, -0.05) is 12.1 Å². The van der Waals surface area contributed by atoms with Crippen molar-refractivity contribution in [3.05, 3.63) is 59.7 Å². The van der Waals surface area contributed by atoms with Crippen LogP contribution in [0.25, 0.3) is 0 Å². The summed E-state index contributed by atoms with van der Waals surface area (Å²) < 4.78 is 0. The minimum Gasteiger partial charge on any atom is -0.326 e. The number of hydrogen-bond acceptors (Lipinski definition) is 3. The van der Waals surface area contributed by atoms with Gasteiger partial charge in [0.25, 0.3) is 5.91 Å². The molecule has 0 atom stereocenters. The molecule has 2 amide bonds. The third-order valence-electron chi connectivity index (χ3n) is 3.59. The molecule has 0 spiro atoms. The van der Waals surface area contributed by atoms with Crippen molar-refractivity contribution in [1.29, 1.82) is 5.26 Å². The van der Waals surface area contributed by atoms with Gasteiger partial charge >= 0.3 is 0 Å². The lowest BCUT2D eigenvalue weighted by molar-refractivity contribution is -0.117. The summed E-state index contributed by atoms with van der Waals surface area (Å²) in [5.41, 5.74) is 2.09. The van der Waals surface area contributed by atoms with Gasteiger partial charge in [0, 0.05) is 22.9 Å². The Morgan fingerprint density at radius 2 is 1.70 bits per heavy atom. The fraction of sp³-hybridized carbons (Fsp3) is 0.167. The molecule has 1 saturated carbocycles. The van der Waals surface area contributed by atoms with Gasteiger partial charge in [-0.05, 0) is 49.2 Å². The Morgan fingerprint density at radius 1 is 1.00 bits per heavy atom. The SMILES string of the molecule is N#Cc1cccc(C(=O)Nc2cccc(NC(=O)C3CC3)c2)c1. The number of hydrogen-bond donors (Lipinski definition) is 2. The molecule has 1 aliphatic rings. The molecule has 0 aliphatic heterocycles. The molecule has 5 heteroatoms. The second-order valence-corrected chi connectivity index (χ2v) is 5.49. The lowest BCUT2D eigenvalue weighted by Crippen LogP contribution is -2.14. The van der Waals surface area contributed by atoms with E-state index in [1.54, 1.807) is 42.5 Å². The molecule has 0 heterocycles. The molecule has 1 aliphatic carbocycles. The first-order chi connectivity index (χ1) is 11.2. The molecule has 2 aromatic rings. The van der Waals surface area contributed by atoms with Crippen molar-refractivity contribution < 1.29 is 9.59 Å². The smallest absolute Gasteiger partial charge is 0.255 e. The largest absolute Gasteiger partial charge is 0.326 e. The Labute approximate surface area is 133 Å². The van der Waals surface area contributed by atoms with E-state index < -0.39 is 0 Å². The quantitative estimate of drug-likeness (QED) is 0.910. The number of nitrogens with zero attached hydrogens (tertiary/aromatic N) is 1. The van der Waals surface area contributed by atoms with Gasteiger partial charge in [-0.15, -0.1) is 0 Å². The zero-order chi connectivity index (χ0) is 16.2. The number of carbonyl (C=O) groups is 2. The predicted molar refractivity (Wildman–Crippen MR) is 86.9 cm³/mol. The summed E-state index contributed by atoms with van der Waals surface area (Å²) >= 11 is 0. The Hall–Kier alpha value is -3.13. The third-order valence-corrected chi connectivity index (χ3v) is 3.59. The summed E-state index contributed by atoms with van der Waals surface area (Å²) in [4.78, 5) is 24.0. The highest BCUT2D eigenvalue weighted by Crippen LogP contribution is 2.30. The second kappa shape index (κ2) is 6.32. The first kappa shape index (κ1) is 14.8. The number of nitrogens with one attached hydrogen (secondary N) is 2. The van der Waals surface area contributed by atoms with Crippen LogP contribution in [0.5, 0.6) is 0 Å². The average molecular weight is 305 g/mol. The Morgan fingerprint density at radius 3 is 2.39 bits per heavy atom. The summed E-state index contributed by atoms with van der Waals surface area (Å²) in [7, 11) is 0. The Balaban J connectivity index is 1.70. The van der Waals surface area contributed by atoms with Crippen LogP contribution >= 0.6 is 0 Å². The van der Waals surface area contributed by atoms with Crippen LogP contribution in [0.1, 0.15) is 28.8 Å². The summed E-state index contributed by atoms with van der Waals surface area (Å²) in [5, 5.41) is 14.5. The van der Waals surface area contributed by atoms with Gasteiger partial charge in [-0.25, -0.2) is 0 Å². The van der Waals surface area contributed by atoms with E-state index in [0.717, 1.165) is 12.8 Å². The number of rotatable bonds is 4. The topological polar surface area (TPSA) is 82.0 Å². The van der Waals surface area contributed by atoms with Gasteiger partial charge < -0.3 is 10.6 Å². The molecule has 2 aromatic carbocycles. The molecule has 114 valence electrons. The van der Waals surface area contributed by atoms with E-state index in [4.69, 9.17) is 5.26 Å². The van der Waals surface area contributed by atoms with Crippen molar-refractivity contribution in [3.8, 4) is 6.07 Å². The fourth-order valence-electron chi connectivity index (χ4n) is 2.20. The van der Waals surface area contributed by atoms with Crippen molar-refractivity contribution in [1.82, 2.24) is 0 Å². The van der Waals surface area contributed by atoms with Crippen molar-refractivity contribution >= 4 is 23.2 Å². The first-order valence-electron chi connectivity index (χ1n) is 7.38. The zero-order valence-electron chi connectivity index (χ0n) is 12.4. The summed E-state index contributed by atoms with van der Waals surface area (Å²) in [6.45, 7) is 0. The maximum Gasteiger partial charge on any atom is 0.255 e. The minimum absolute atomic E-state index is 0.0233. The van der Waals surface area contributed by atoms with Gasteiger partial charge in [0.05, 0.1) is 11.6 Å². The third kappa shape index (κ3) is 3.74. The summed E-state index contributed by atoms with van der Waals surface area (Å²) in [5.74, 6) is -0.148. The van der Waals surface area contributed by atoms with Crippen molar-refractivity contribution in [2.75, 3.05) is 10.6 Å². The van der Waals surface area contributed by atoms with E-state index in [0.29, 0.717) is 22.5 Å². The van der Waals surface area contributed by atoms with Crippen LogP contribution in [0.3, 0.4) is 0 Å². The van der Waals surface area contributed by atoms with Gasteiger partial charge in [0.15, 0.2) is 0 Å². The summed E-state index contributed by atoms with van der Waals surface area (Å²) in [6, 6.07) is 15.5. The zero-order valence-corrected chi connectivity index (χ0v) is 12.4. The van der Waals surface area contributed by atoms with E-state index >= 15 is 0 Å². The lowest BCUT2D eigenvalue weighted by Gasteiger charge is -2.09. The number of nitriles is 1. The van der Waals surface area contributed by atoms with Crippen LogP contribution < -0.4 is 10.6 Å². The predicted octanol–water partition coefficient (Wildman–Crippen LogP) is 3.16.